The van der Waals surface area contributed by atoms with E-state index >= 15 is 0 Å². The summed E-state index contributed by atoms with van der Waals surface area (Å²) >= 11 is 0. The minimum Gasteiger partial charge on any atom is -0.357 e. The molecule has 4 nitrogen and oxygen atoms in total. The predicted octanol–water partition coefficient (Wildman–Crippen LogP) is 0.137. The van der Waals surface area contributed by atoms with E-state index in [0.717, 1.165) is 6.92 Å². The zero-order valence-corrected chi connectivity index (χ0v) is 7.98. The van der Waals surface area contributed by atoms with Gasteiger partial charge in [-0.15, -0.1) is 0 Å². The molecule has 0 saturated carbocycles. The lowest BCUT2D eigenvalue weighted by atomic mass is 10.2. The first-order valence-corrected chi connectivity index (χ1v) is 3.92. The first-order chi connectivity index (χ1) is 6.73. The molecule has 2 amide bonds. The molecular formula is C7H10F4N2O2. The lowest BCUT2D eigenvalue weighted by molar-refractivity contribution is -0.170. The summed E-state index contributed by atoms with van der Waals surface area (Å²) in [5, 5.41) is 3.54. The minimum atomic E-state index is -4.79. The van der Waals surface area contributed by atoms with Crippen molar-refractivity contribution >= 4 is 11.8 Å². The smallest absolute Gasteiger partial charge is 0.357 e. The molecule has 0 heterocycles. The van der Waals surface area contributed by atoms with E-state index in [-0.39, 0.29) is 0 Å². The second-order valence-corrected chi connectivity index (χ2v) is 2.73. The molecule has 0 fully saturated rings. The number of halogens is 4. The molecule has 0 aromatic heterocycles. The van der Waals surface area contributed by atoms with E-state index in [1.807, 2.05) is 0 Å². The van der Waals surface area contributed by atoms with Gasteiger partial charge in [0.15, 0.2) is 0 Å². The molecule has 0 spiro atoms. The molecule has 0 aliphatic heterocycles. The van der Waals surface area contributed by atoms with Crippen molar-refractivity contribution in [2.75, 3.05) is 7.05 Å². The molecule has 8 heteroatoms. The normalized spacial score (nSPS) is 13.5. The Hall–Kier alpha value is -1.34. The third-order valence-corrected chi connectivity index (χ3v) is 1.56. The average molecular weight is 230 g/mol. The van der Waals surface area contributed by atoms with Gasteiger partial charge in [-0.25, -0.2) is 8.78 Å². The summed E-state index contributed by atoms with van der Waals surface area (Å²) in [6.07, 6.45) is -4.10. The first kappa shape index (κ1) is 13.7. The Bertz CT molecular complexity index is 257. The Morgan fingerprint density at radius 2 is 1.73 bits per heavy atom. The van der Waals surface area contributed by atoms with Crippen LogP contribution in [0.5, 0.6) is 0 Å². The topological polar surface area (TPSA) is 58.2 Å². The maximum atomic E-state index is 12.4. The van der Waals surface area contributed by atoms with Crippen molar-refractivity contribution in [2.24, 2.45) is 0 Å². The van der Waals surface area contributed by atoms with Crippen LogP contribution in [0.4, 0.5) is 17.6 Å². The van der Waals surface area contributed by atoms with E-state index < -0.39 is 30.2 Å². The standard InChI is InChI=1S/C7H10F4N2O2/c1-3(4(14)12-2)13-6(15)7(10,11)5(8)9/h3,5H,1-2H3,(H,12,14)(H,13,15). The van der Waals surface area contributed by atoms with E-state index in [9.17, 15) is 27.2 Å². The second-order valence-electron chi connectivity index (χ2n) is 2.73. The molecule has 0 saturated heterocycles. The Balaban J connectivity index is 4.44. The molecule has 0 aliphatic rings. The zero-order valence-electron chi connectivity index (χ0n) is 7.98. The van der Waals surface area contributed by atoms with E-state index in [1.165, 1.54) is 12.4 Å². The van der Waals surface area contributed by atoms with Crippen LogP contribution in [0.2, 0.25) is 0 Å². The molecule has 88 valence electrons. The summed E-state index contributed by atoms with van der Waals surface area (Å²) in [5.74, 6) is -7.72. The van der Waals surface area contributed by atoms with Crippen molar-refractivity contribution < 1.29 is 27.2 Å². The summed E-state index contributed by atoms with van der Waals surface area (Å²) < 4.78 is 48.1. The molecule has 0 aromatic rings. The van der Waals surface area contributed by atoms with Crippen LogP contribution in [-0.2, 0) is 9.59 Å². The highest BCUT2D eigenvalue weighted by molar-refractivity contribution is 5.90. The van der Waals surface area contributed by atoms with E-state index in [1.54, 1.807) is 0 Å². The van der Waals surface area contributed by atoms with Crippen LogP contribution in [0, 0.1) is 0 Å². The molecule has 0 aliphatic carbocycles. The minimum absolute atomic E-state index is 0.756. The van der Waals surface area contributed by atoms with Gasteiger partial charge in [0.2, 0.25) is 5.91 Å². The maximum absolute atomic E-state index is 12.4. The average Bonchev–Trinajstić information content (AvgIpc) is 2.15. The molecule has 0 rings (SSSR count). The van der Waals surface area contributed by atoms with E-state index in [2.05, 4.69) is 5.32 Å². The number of likely N-dealkylation sites (N-methyl/N-ethyl adjacent to an activating group) is 1. The van der Waals surface area contributed by atoms with Crippen molar-refractivity contribution in [2.45, 2.75) is 25.3 Å². The quantitative estimate of drug-likeness (QED) is 0.675. The lowest BCUT2D eigenvalue weighted by Crippen LogP contribution is -2.52. The molecule has 0 radical (unpaired) electrons. The lowest BCUT2D eigenvalue weighted by Gasteiger charge is -2.18. The molecule has 0 aromatic carbocycles. The summed E-state index contributed by atoms with van der Waals surface area (Å²) in [4.78, 5) is 21.4. The fourth-order valence-electron chi connectivity index (χ4n) is 0.674. The number of amides is 2. The molecule has 0 bridgehead atoms. The predicted molar refractivity (Wildman–Crippen MR) is 42.6 cm³/mol. The van der Waals surface area contributed by atoms with E-state index in [0.29, 0.717) is 0 Å². The van der Waals surface area contributed by atoms with Crippen molar-refractivity contribution in [1.82, 2.24) is 10.6 Å². The Morgan fingerprint density at radius 3 is 2.07 bits per heavy atom. The fourth-order valence-corrected chi connectivity index (χ4v) is 0.674. The number of carbonyl (C=O) groups excluding carboxylic acids is 2. The highest BCUT2D eigenvalue weighted by atomic mass is 19.3. The van der Waals surface area contributed by atoms with Gasteiger partial charge in [0.1, 0.15) is 6.04 Å². The number of nitrogens with one attached hydrogen (secondary N) is 2. The van der Waals surface area contributed by atoms with Crippen molar-refractivity contribution in [3.05, 3.63) is 0 Å². The van der Waals surface area contributed by atoms with Crippen molar-refractivity contribution in [1.29, 1.82) is 0 Å². The van der Waals surface area contributed by atoms with Gasteiger partial charge in [-0.1, -0.05) is 0 Å². The third-order valence-electron chi connectivity index (χ3n) is 1.56. The third kappa shape index (κ3) is 3.37. The van der Waals surface area contributed by atoms with Gasteiger partial charge >= 0.3 is 12.3 Å². The van der Waals surface area contributed by atoms with Gasteiger partial charge < -0.3 is 10.6 Å². The Kier molecular flexibility index (Phi) is 4.50. The Labute approximate surface area is 83.0 Å². The number of hydrogen-bond acceptors (Lipinski definition) is 2. The number of carbonyl (C=O) groups is 2. The van der Waals surface area contributed by atoms with Crippen LogP contribution in [0.15, 0.2) is 0 Å². The van der Waals surface area contributed by atoms with Crippen LogP contribution < -0.4 is 10.6 Å². The molecule has 15 heavy (non-hydrogen) atoms. The summed E-state index contributed by atoms with van der Waals surface area (Å²) in [5.41, 5.74) is 0. The van der Waals surface area contributed by atoms with Gasteiger partial charge in [0.25, 0.3) is 5.91 Å². The van der Waals surface area contributed by atoms with Gasteiger partial charge in [-0.05, 0) is 6.92 Å². The molecule has 1 atom stereocenters. The number of hydrogen-bond donors (Lipinski definition) is 2. The maximum Gasteiger partial charge on any atom is 0.383 e. The molecular weight excluding hydrogens is 220 g/mol. The monoisotopic (exact) mass is 230 g/mol. The summed E-state index contributed by atoms with van der Waals surface area (Å²) in [7, 11) is 1.22. The van der Waals surface area contributed by atoms with Crippen molar-refractivity contribution in [3.8, 4) is 0 Å². The zero-order chi connectivity index (χ0) is 12.2. The van der Waals surface area contributed by atoms with Crippen LogP contribution in [0.3, 0.4) is 0 Å². The molecule has 2 N–H and O–H groups in total. The largest absolute Gasteiger partial charge is 0.383 e. The molecule has 1 unspecified atom stereocenters. The van der Waals surface area contributed by atoms with Crippen molar-refractivity contribution in [3.63, 3.8) is 0 Å². The van der Waals surface area contributed by atoms with Crippen LogP contribution in [0.25, 0.3) is 0 Å². The Morgan fingerprint density at radius 1 is 1.27 bits per heavy atom. The summed E-state index contributed by atoms with van der Waals surface area (Å²) in [6, 6.07) is -1.30. The number of rotatable bonds is 4. The second kappa shape index (κ2) is 4.94. The highest BCUT2D eigenvalue weighted by Crippen LogP contribution is 2.22. The van der Waals surface area contributed by atoms with Crippen LogP contribution >= 0.6 is 0 Å². The van der Waals surface area contributed by atoms with Gasteiger partial charge in [-0.3, -0.25) is 9.59 Å². The van der Waals surface area contributed by atoms with Gasteiger partial charge in [-0.2, -0.15) is 8.78 Å². The summed E-state index contributed by atoms with van der Waals surface area (Å²) in [6.45, 7) is 1.10. The van der Waals surface area contributed by atoms with Gasteiger partial charge in [0.05, 0.1) is 0 Å². The fraction of sp³-hybridized carbons (Fsp3) is 0.714. The van der Waals surface area contributed by atoms with Crippen LogP contribution in [-0.4, -0.2) is 37.3 Å². The van der Waals surface area contributed by atoms with E-state index in [4.69, 9.17) is 0 Å². The highest BCUT2D eigenvalue weighted by Gasteiger charge is 2.49. The number of alkyl halides is 4. The van der Waals surface area contributed by atoms with Gasteiger partial charge in [0, 0.05) is 7.05 Å². The SMILES string of the molecule is CNC(=O)C(C)NC(=O)C(F)(F)C(F)F. The van der Waals surface area contributed by atoms with Crippen LogP contribution in [0.1, 0.15) is 6.92 Å². The first-order valence-electron chi connectivity index (χ1n) is 3.92.